The fourth-order valence-electron chi connectivity index (χ4n) is 2.38. The van der Waals surface area contributed by atoms with E-state index in [1.165, 1.54) is 5.56 Å². The van der Waals surface area contributed by atoms with Crippen LogP contribution in [-0.2, 0) is 4.79 Å². The molecule has 3 heteroatoms. The summed E-state index contributed by atoms with van der Waals surface area (Å²) < 4.78 is 0. The molecule has 1 aliphatic rings. The van der Waals surface area contributed by atoms with E-state index in [9.17, 15) is 4.79 Å². The van der Waals surface area contributed by atoms with Crippen LogP contribution in [0.3, 0.4) is 0 Å². The first-order valence-corrected chi connectivity index (χ1v) is 6.45. The number of carbonyl (C=O) groups is 1. The lowest BCUT2D eigenvalue weighted by molar-refractivity contribution is -0.129. The van der Waals surface area contributed by atoms with Gasteiger partial charge < -0.3 is 10.2 Å². The quantitative estimate of drug-likeness (QED) is 0.632. The third-order valence-corrected chi connectivity index (χ3v) is 3.38. The second-order valence-electron chi connectivity index (χ2n) is 4.66. The summed E-state index contributed by atoms with van der Waals surface area (Å²) in [5.74, 6) is 0.685. The van der Waals surface area contributed by atoms with Crippen LogP contribution in [0.25, 0.3) is 0 Å². The number of nitrogens with one attached hydrogen (secondary N) is 1. The summed E-state index contributed by atoms with van der Waals surface area (Å²) in [5, 5.41) is 3.06. The van der Waals surface area contributed by atoms with E-state index >= 15 is 0 Å². The molecule has 0 bridgehead atoms. The summed E-state index contributed by atoms with van der Waals surface area (Å²) in [5.41, 5.74) is 1.34. The van der Waals surface area contributed by atoms with E-state index in [2.05, 4.69) is 36.2 Å². The van der Waals surface area contributed by atoms with Crippen molar-refractivity contribution in [2.45, 2.75) is 12.3 Å². The standard InChI is InChI=1S/C15H20N2O/c1-2-9-16-11-15(18)17-10-8-14(12-17)13-6-4-3-5-7-13/h2-7,14,16H,1,8-12H2. The van der Waals surface area contributed by atoms with Gasteiger partial charge in [-0.25, -0.2) is 0 Å². The van der Waals surface area contributed by atoms with Crippen LogP contribution in [0.2, 0.25) is 0 Å². The average molecular weight is 244 g/mol. The molecule has 1 aromatic rings. The van der Waals surface area contributed by atoms with Gasteiger partial charge in [0.15, 0.2) is 0 Å². The summed E-state index contributed by atoms with van der Waals surface area (Å²) in [6, 6.07) is 10.4. The van der Waals surface area contributed by atoms with Gasteiger partial charge in [0.2, 0.25) is 5.91 Å². The van der Waals surface area contributed by atoms with Crippen molar-refractivity contribution in [3.8, 4) is 0 Å². The van der Waals surface area contributed by atoms with Gasteiger partial charge in [-0.1, -0.05) is 36.4 Å². The highest BCUT2D eigenvalue weighted by atomic mass is 16.2. The first-order valence-electron chi connectivity index (χ1n) is 6.45. The molecule has 1 saturated heterocycles. The average Bonchev–Trinajstić information content (AvgIpc) is 2.89. The number of benzene rings is 1. The van der Waals surface area contributed by atoms with Crippen molar-refractivity contribution in [3.63, 3.8) is 0 Å². The van der Waals surface area contributed by atoms with Gasteiger partial charge in [0.25, 0.3) is 0 Å². The van der Waals surface area contributed by atoms with Gasteiger partial charge >= 0.3 is 0 Å². The van der Waals surface area contributed by atoms with Crippen LogP contribution in [0.1, 0.15) is 17.9 Å². The Bertz CT molecular complexity index is 402. The molecule has 0 saturated carbocycles. The molecule has 2 rings (SSSR count). The van der Waals surface area contributed by atoms with Crippen LogP contribution < -0.4 is 5.32 Å². The van der Waals surface area contributed by atoms with Gasteiger partial charge in [-0.05, 0) is 12.0 Å². The second kappa shape index (κ2) is 6.36. The predicted molar refractivity (Wildman–Crippen MR) is 73.4 cm³/mol. The van der Waals surface area contributed by atoms with E-state index < -0.39 is 0 Å². The van der Waals surface area contributed by atoms with Gasteiger partial charge in [-0.3, -0.25) is 4.79 Å². The minimum absolute atomic E-state index is 0.190. The van der Waals surface area contributed by atoms with Gasteiger partial charge in [0, 0.05) is 25.6 Å². The number of amides is 1. The van der Waals surface area contributed by atoms with Crippen LogP contribution >= 0.6 is 0 Å². The minimum atomic E-state index is 0.190. The summed E-state index contributed by atoms with van der Waals surface area (Å²) >= 11 is 0. The molecule has 1 atom stereocenters. The van der Waals surface area contributed by atoms with Crippen LogP contribution in [0, 0.1) is 0 Å². The van der Waals surface area contributed by atoms with Crippen molar-refractivity contribution in [1.82, 2.24) is 10.2 Å². The van der Waals surface area contributed by atoms with Crippen LogP contribution in [0.5, 0.6) is 0 Å². The monoisotopic (exact) mass is 244 g/mol. The first-order chi connectivity index (χ1) is 8.81. The number of hydrogen-bond donors (Lipinski definition) is 1. The maximum atomic E-state index is 11.9. The highest BCUT2D eigenvalue weighted by Gasteiger charge is 2.26. The molecular formula is C15H20N2O. The number of rotatable bonds is 5. The number of likely N-dealkylation sites (tertiary alicyclic amines) is 1. The molecule has 1 aliphatic heterocycles. The number of carbonyl (C=O) groups excluding carboxylic acids is 1. The minimum Gasteiger partial charge on any atom is -0.341 e. The first kappa shape index (κ1) is 12.8. The summed E-state index contributed by atoms with van der Waals surface area (Å²) in [6.07, 6.45) is 2.83. The molecule has 1 fully saturated rings. The highest BCUT2D eigenvalue weighted by Crippen LogP contribution is 2.26. The van der Waals surface area contributed by atoms with Crippen molar-refractivity contribution in [2.75, 3.05) is 26.2 Å². The van der Waals surface area contributed by atoms with E-state index in [4.69, 9.17) is 0 Å². The summed E-state index contributed by atoms with van der Waals surface area (Å²) in [7, 11) is 0. The smallest absolute Gasteiger partial charge is 0.236 e. The molecule has 1 unspecified atom stereocenters. The Morgan fingerprint density at radius 3 is 2.94 bits per heavy atom. The second-order valence-corrected chi connectivity index (χ2v) is 4.66. The summed E-state index contributed by atoms with van der Waals surface area (Å²) in [6.45, 7) is 6.43. The van der Waals surface area contributed by atoms with E-state index in [-0.39, 0.29) is 5.91 Å². The van der Waals surface area contributed by atoms with Crippen molar-refractivity contribution in [2.24, 2.45) is 0 Å². The molecule has 96 valence electrons. The molecule has 1 amide bonds. The Morgan fingerprint density at radius 2 is 2.22 bits per heavy atom. The van der Waals surface area contributed by atoms with Gasteiger partial charge in [0.1, 0.15) is 0 Å². The van der Waals surface area contributed by atoms with Crippen LogP contribution in [0.4, 0.5) is 0 Å². The summed E-state index contributed by atoms with van der Waals surface area (Å²) in [4.78, 5) is 13.9. The zero-order valence-electron chi connectivity index (χ0n) is 10.6. The van der Waals surface area contributed by atoms with Gasteiger partial charge in [-0.15, -0.1) is 6.58 Å². The Hall–Kier alpha value is -1.61. The highest BCUT2D eigenvalue weighted by molar-refractivity contribution is 5.78. The molecule has 1 heterocycles. The van der Waals surface area contributed by atoms with Crippen LogP contribution in [-0.4, -0.2) is 37.0 Å². The fourth-order valence-corrected chi connectivity index (χ4v) is 2.38. The predicted octanol–water partition coefficient (Wildman–Crippen LogP) is 1.78. The van der Waals surface area contributed by atoms with E-state index in [0.29, 0.717) is 19.0 Å². The molecule has 1 aromatic carbocycles. The SMILES string of the molecule is C=CCNCC(=O)N1CCC(c2ccccc2)C1. The normalized spacial score (nSPS) is 18.9. The molecule has 0 aliphatic carbocycles. The van der Waals surface area contributed by atoms with Crippen molar-refractivity contribution < 1.29 is 4.79 Å². The van der Waals surface area contributed by atoms with Crippen molar-refractivity contribution in [1.29, 1.82) is 0 Å². The number of nitrogens with zero attached hydrogens (tertiary/aromatic N) is 1. The molecule has 3 nitrogen and oxygen atoms in total. The number of hydrogen-bond acceptors (Lipinski definition) is 2. The van der Waals surface area contributed by atoms with E-state index in [1.807, 2.05) is 11.0 Å². The topological polar surface area (TPSA) is 32.3 Å². The lowest BCUT2D eigenvalue weighted by Gasteiger charge is -2.16. The molecule has 0 radical (unpaired) electrons. The van der Waals surface area contributed by atoms with E-state index in [0.717, 1.165) is 19.5 Å². The zero-order valence-corrected chi connectivity index (χ0v) is 10.6. The third-order valence-electron chi connectivity index (χ3n) is 3.38. The Balaban J connectivity index is 1.84. The fraction of sp³-hybridized carbons (Fsp3) is 0.400. The van der Waals surface area contributed by atoms with Crippen molar-refractivity contribution in [3.05, 3.63) is 48.6 Å². The molecule has 18 heavy (non-hydrogen) atoms. The van der Waals surface area contributed by atoms with Crippen LogP contribution in [0.15, 0.2) is 43.0 Å². The van der Waals surface area contributed by atoms with Gasteiger partial charge in [-0.2, -0.15) is 0 Å². The van der Waals surface area contributed by atoms with Gasteiger partial charge in [0.05, 0.1) is 6.54 Å². The Labute approximate surface area is 108 Å². The van der Waals surface area contributed by atoms with E-state index in [1.54, 1.807) is 6.08 Å². The zero-order chi connectivity index (χ0) is 12.8. The Kier molecular flexibility index (Phi) is 4.53. The molecular weight excluding hydrogens is 224 g/mol. The molecule has 1 N–H and O–H groups in total. The lowest BCUT2D eigenvalue weighted by Crippen LogP contribution is -2.36. The van der Waals surface area contributed by atoms with Crippen molar-refractivity contribution >= 4 is 5.91 Å². The maximum Gasteiger partial charge on any atom is 0.236 e. The maximum absolute atomic E-state index is 11.9. The lowest BCUT2D eigenvalue weighted by atomic mass is 9.99. The largest absolute Gasteiger partial charge is 0.341 e. The Morgan fingerprint density at radius 1 is 1.44 bits per heavy atom. The molecule has 0 spiro atoms. The third kappa shape index (κ3) is 3.20. The molecule has 0 aromatic heterocycles.